The number of amides is 1. The first-order valence-corrected chi connectivity index (χ1v) is 7.12. The van der Waals surface area contributed by atoms with Crippen LogP contribution in [0.2, 0.25) is 0 Å². The van der Waals surface area contributed by atoms with Crippen LogP contribution in [0.5, 0.6) is 0 Å². The highest BCUT2D eigenvalue weighted by atomic mass is 16.6. The summed E-state index contributed by atoms with van der Waals surface area (Å²) in [5.74, 6) is -0.383. The number of aliphatic hydroxyl groups is 1. The average Bonchev–Trinajstić information content (AvgIpc) is 2.81. The van der Waals surface area contributed by atoms with Gasteiger partial charge in [0.25, 0.3) is 0 Å². The van der Waals surface area contributed by atoms with Gasteiger partial charge in [0.2, 0.25) is 0 Å². The summed E-state index contributed by atoms with van der Waals surface area (Å²) in [7, 11) is 0. The van der Waals surface area contributed by atoms with Crippen molar-refractivity contribution in [3.63, 3.8) is 0 Å². The minimum absolute atomic E-state index is 0.0883. The molecule has 1 N–H and O–H groups in total. The second kappa shape index (κ2) is 7.47. The Morgan fingerprint density at radius 2 is 2.00 bits per heavy atom. The average molecular weight is 287 g/mol. The Bertz CT molecular complexity index is 337. The Morgan fingerprint density at radius 1 is 1.30 bits per heavy atom. The number of hydrogen-bond donors (Lipinski definition) is 1. The predicted molar refractivity (Wildman–Crippen MR) is 73.2 cm³/mol. The number of ether oxygens (including phenoxy) is 2. The van der Waals surface area contributed by atoms with Crippen LogP contribution in [-0.4, -0.2) is 53.5 Å². The van der Waals surface area contributed by atoms with Crippen LogP contribution in [0.25, 0.3) is 0 Å². The van der Waals surface area contributed by atoms with Crippen LogP contribution < -0.4 is 0 Å². The Morgan fingerprint density at radius 3 is 2.60 bits per heavy atom. The molecular weight excluding hydrogens is 262 g/mol. The van der Waals surface area contributed by atoms with E-state index in [0.717, 1.165) is 6.42 Å². The Kier molecular flexibility index (Phi) is 6.26. The largest absolute Gasteiger partial charge is 0.464 e. The van der Waals surface area contributed by atoms with E-state index < -0.39 is 17.7 Å². The minimum Gasteiger partial charge on any atom is -0.464 e. The van der Waals surface area contributed by atoms with E-state index in [4.69, 9.17) is 14.6 Å². The molecule has 0 radical (unpaired) electrons. The van der Waals surface area contributed by atoms with Gasteiger partial charge in [-0.25, -0.2) is 9.59 Å². The molecule has 0 bridgehead atoms. The van der Waals surface area contributed by atoms with Crippen molar-refractivity contribution in [2.45, 2.75) is 58.1 Å². The molecular formula is C14H25NO5. The second-order valence-electron chi connectivity index (χ2n) is 5.93. The van der Waals surface area contributed by atoms with E-state index in [1.165, 1.54) is 4.90 Å². The molecule has 20 heavy (non-hydrogen) atoms. The highest BCUT2D eigenvalue weighted by Crippen LogP contribution is 2.21. The maximum atomic E-state index is 12.0. The SMILES string of the molecule is CC(C)(C)OC(=O)N1CCC[C@H]1C(=O)OCCCCO. The smallest absolute Gasteiger partial charge is 0.411 e. The summed E-state index contributed by atoms with van der Waals surface area (Å²) in [6.07, 6.45) is 2.15. The number of likely N-dealkylation sites (tertiary alicyclic amines) is 1. The lowest BCUT2D eigenvalue weighted by Gasteiger charge is -2.27. The van der Waals surface area contributed by atoms with Crippen molar-refractivity contribution in [3.8, 4) is 0 Å². The van der Waals surface area contributed by atoms with E-state index in [0.29, 0.717) is 25.8 Å². The fraction of sp³-hybridized carbons (Fsp3) is 0.857. The number of unbranched alkanes of at least 4 members (excludes halogenated alkanes) is 1. The molecule has 1 aliphatic heterocycles. The normalized spacial score (nSPS) is 19.0. The molecule has 0 spiro atoms. The van der Waals surface area contributed by atoms with Crippen LogP contribution in [-0.2, 0) is 14.3 Å². The topological polar surface area (TPSA) is 76.1 Å². The van der Waals surface area contributed by atoms with Gasteiger partial charge >= 0.3 is 12.1 Å². The van der Waals surface area contributed by atoms with Gasteiger partial charge in [-0.1, -0.05) is 0 Å². The van der Waals surface area contributed by atoms with Gasteiger partial charge in [0.15, 0.2) is 0 Å². The fourth-order valence-corrected chi connectivity index (χ4v) is 2.03. The van der Waals surface area contributed by atoms with Crippen LogP contribution >= 0.6 is 0 Å². The number of rotatable bonds is 5. The molecule has 0 aliphatic carbocycles. The van der Waals surface area contributed by atoms with Gasteiger partial charge in [0.05, 0.1) is 6.61 Å². The summed E-state index contributed by atoms with van der Waals surface area (Å²) >= 11 is 0. The number of aliphatic hydroxyl groups excluding tert-OH is 1. The lowest BCUT2D eigenvalue weighted by atomic mass is 10.2. The number of hydrogen-bond acceptors (Lipinski definition) is 5. The van der Waals surface area contributed by atoms with Gasteiger partial charge < -0.3 is 14.6 Å². The van der Waals surface area contributed by atoms with Gasteiger partial charge in [-0.3, -0.25) is 4.90 Å². The third kappa shape index (κ3) is 5.36. The Balaban J connectivity index is 2.47. The molecule has 0 aromatic carbocycles. The number of carbonyl (C=O) groups excluding carboxylic acids is 2. The maximum Gasteiger partial charge on any atom is 0.411 e. The molecule has 6 heteroatoms. The van der Waals surface area contributed by atoms with Crippen LogP contribution in [0.3, 0.4) is 0 Å². The second-order valence-corrected chi connectivity index (χ2v) is 5.93. The third-order valence-corrected chi connectivity index (χ3v) is 2.95. The van der Waals surface area contributed by atoms with Crippen molar-refractivity contribution in [2.24, 2.45) is 0 Å². The van der Waals surface area contributed by atoms with Gasteiger partial charge in [-0.15, -0.1) is 0 Å². The summed E-state index contributed by atoms with van der Waals surface area (Å²) in [4.78, 5) is 25.4. The molecule has 0 aromatic rings. The summed E-state index contributed by atoms with van der Waals surface area (Å²) in [6.45, 7) is 6.27. The first kappa shape index (κ1) is 16.8. The molecule has 1 saturated heterocycles. The van der Waals surface area contributed by atoms with Crippen LogP contribution in [0, 0.1) is 0 Å². The summed E-state index contributed by atoms with van der Waals surface area (Å²) in [5.41, 5.74) is -0.574. The van der Waals surface area contributed by atoms with Crippen molar-refractivity contribution in [3.05, 3.63) is 0 Å². The van der Waals surface area contributed by atoms with E-state index in [1.54, 1.807) is 20.8 Å². The first-order valence-electron chi connectivity index (χ1n) is 7.12. The molecule has 0 saturated carbocycles. The zero-order valence-corrected chi connectivity index (χ0v) is 12.6. The van der Waals surface area contributed by atoms with Crippen molar-refractivity contribution in [2.75, 3.05) is 19.8 Å². The molecule has 6 nitrogen and oxygen atoms in total. The molecule has 0 aromatic heterocycles. The molecule has 1 amide bonds. The summed E-state index contributed by atoms with van der Waals surface area (Å²) in [6, 6.07) is -0.543. The Hall–Kier alpha value is -1.30. The molecule has 0 unspecified atom stereocenters. The monoisotopic (exact) mass is 287 g/mol. The highest BCUT2D eigenvalue weighted by molar-refractivity contribution is 5.82. The van der Waals surface area contributed by atoms with Gasteiger partial charge in [0.1, 0.15) is 11.6 Å². The van der Waals surface area contributed by atoms with E-state index in [2.05, 4.69) is 0 Å². The fourth-order valence-electron chi connectivity index (χ4n) is 2.03. The number of esters is 1. The number of nitrogens with zero attached hydrogens (tertiary/aromatic N) is 1. The van der Waals surface area contributed by atoms with Gasteiger partial charge in [-0.05, 0) is 46.5 Å². The van der Waals surface area contributed by atoms with Crippen molar-refractivity contribution in [1.82, 2.24) is 4.90 Å². The van der Waals surface area contributed by atoms with Crippen LogP contribution in [0.4, 0.5) is 4.79 Å². The molecule has 1 aliphatic rings. The summed E-state index contributed by atoms with van der Waals surface area (Å²) < 4.78 is 10.4. The zero-order valence-electron chi connectivity index (χ0n) is 12.6. The highest BCUT2D eigenvalue weighted by Gasteiger charge is 2.37. The maximum absolute atomic E-state index is 12.0. The minimum atomic E-state index is -0.574. The van der Waals surface area contributed by atoms with E-state index in [1.807, 2.05) is 0 Å². The Labute approximate surface area is 120 Å². The molecule has 1 fully saturated rings. The van der Waals surface area contributed by atoms with Crippen molar-refractivity contribution in [1.29, 1.82) is 0 Å². The molecule has 1 atom stereocenters. The lowest BCUT2D eigenvalue weighted by molar-refractivity contribution is -0.149. The molecule has 1 heterocycles. The van der Waals surface area contributed by atoms with Crippen LogP contribution in [0.15, 0.2) is 0 Å². The van der Waals surface area contributed by atoms with Gasteiger partial charge in [-0.2, -0.15) is 0 Å². The predicted octanol–water partition coefficient (Wildman–Crippen LogP) is 1.70. The third-order valence-electron chi connectivity index (χ3n) is 2.95. The molecule has 116 valence electrons. The van der Waals surface area contributed by atoms with E-state index in [9.17, 15) is 9.59 Å². The zero-order chi connectivity index (χ0) is 15.2. The van der Waals surface area contributed by atoms with Crippen molar-refractivity contribution < 1.29 is 24.2 Å². The van der Waals surface area contributed by atoms with E-state index >= 15 is 0 Å². The van der Waals surface area contributed by atoms with Gasteiger partial charge in [0, 0.05) is 13.2 Å². The summed E-state index contributed by atoms with van der Waals surface area (Å²) in [5, 5.41) is 8.66. The quantitative estimate of drug-likeness (QED) is 0.615. The lowest BCUT2D eigenvalue weighted by Crippen LogP contribution is -2.44. The van der Waals surface area contributed by atoms with Crippen molar-refractivity contribution >= 4 is 12.1 Å². The van der Waals surface area contributed by atoms with Crippen LogP contribution in [0.1, 0.15) is 46.5 Å². The number of carbonyl (C=O) groups is 2. The standard InChI is InChI=1S/C14H25NO5/c1-14(2,3)20-13(18)15-8-6-7-11(15)12(17)19-10-5-4-9-16/h11,16H,4-10H2,1-3H3/t11-/m0/s1. The first-order chi connectivity index (χ1) is 9.35. The van der Waals surface area contributed by atoms with E-state index in [-0.39, 0.29) is 19.2 Å². The molecule has 1 rings (SSSR count).